The Morgan fingerprint density at radius 1 is 1.23 bits per heavy atom. The number of fused-ring (bicyclic) bond motifs is 1. The van der Waals surface area contributed by atoms with Crippen molar-refractivity contribution in [2.24, 2.45) is 0 Å². The highest BCUT2D eigenvalue weighted by Gasteiger charge is 2.17. The number of aromatic amines is 1. The van der Waals surface area contributed by atoms with Gasteiger partial charge >= 0.3 is 0 Å². The molecule has 0 aliphatic heterocycles. The van der Waals surface area contributed by atoms with Crippen molar-refractivity contribution < 1.29 is 4.79 Å². The van der Waals surface area contributed by atoms with Gasteiger partial charge in [0, 0.05) is 23.5 Å². The average molecular weight is 388 g/mol. The van der Waals surface area contributed by atoms with E-state index >= 15 is 0 Å². The molecule has 1 N–H and O–H groups in total. The van der Waals surface area contributed by atoms with Crippen LogP contribution in [0.4, 0.5) is 0 Å². The fraction of sp³-hybridized carbons (Fsp3) is 0.316. The molecule has 0 fully saturated rings. The van der Waals surface area contributed by atoms with E-state index in [-0.39, 0.29) is 17.2 Å². The summed E-state index contributed by atoms with van der Waals surface area (Å²) in [6.45, 7) is 7.28. The minimum Gasteiger partial charge on any atom is -0.343 e. The molecule has 3 rings (SSSR count). The summed E-state index contributed by atoms with van der Waals surface area (Å²) >= 11 is 2.79. The first-order chi connectivity index (χ1) is 12.5. The second-order valence-corrected chi connectivity index (χ2v) is 7.97. The summed E-state index contributed by atoms with van der Waals surface area (Å²) in [5.74, 6) is 0.321. The van der Waals surface area contributed by atoms with Gasteiger partial charge in [0.05, 0.1) is 11.1 Å². The summed E-state index contributed by atoms with van der Waals surface area (Å²) in [6.07, 6.45) is 0. The Bertz CT molecular complexity index is 976. The second kappa shape index (κ2) is 8.05. The summed E-state index contributed by atoms with van der Waals surface area (Å²) in [5, 5.41) is 1.11. The molecule has 0 aliphatic carbocycles. The van der Waals surface area contributed by atoms with E-state index in [1.54, 1.807) is 4.90 Å². The van der Waals surface area contributed by atoms with Gasteiger partial charge in [-0.25, -0.2) is 4.98 Å². The van der Waals surface area contributed by atoms with Gasteiger partial charge in [-0.3, -0.25) is 9.59 Å². The minimum atomic E-state index is -0.156. The van der Waals surface area contributed by atoms with Gasteiger partial charge in [0.2, 0.25) is 5.91 Å². The van der Waals surface area contributed by atoms with Crippen LogP contribution in [0, 0.1) is 6.92 Å². The lowest BCUT2D eigenvalue weighted by molar-refractivity contribution is -0.127. The van der Waals surface area contributed by atoms with Gasteiger partial charge in [-0.15, -0.1) is 11.3 Å². The molecular formula is C19H21N3O2S2. The zero-order valence-electron chi connectivity index (χ0n) is 15.0. The highest BCUT2D eigenvalue weighted by atomic mass is 32.2. The van der Waals surface area contributed by atoms with E-state index in [2.05, 4.69) is 9.97 Å². The van der Waals surface area contributed by atoms with E-state index in [4.69, 9.17) is 0 Å². The molecule has 1 aromatic carbocycles. The number of aryl methyl sites for hydroxylation is 1. The van der Waals surface area contributed by atoms with Crippen LogP contribution in [0.2, 0.25) is 0 Å². The number of thioether (sulfide) groups is 1. The van der Waals surface area contributed by atoms with Gasteiger partial charge in [-0.2, -0.15) is 0 Å². The Balaban J connectivity index is 1.93. The molecule has 0 saturated heterocycles. The van der Waals surface area contributed by atoms with Gasteiger partial charge < -0.3 is 9.88 Å². The highest BCUT2D eigenvalue weighted by molar-refractivity contribution is 7.99. The lowest BCUT2D eigenvalue weighted by Crippen LogP contribution is -2.32. The maximum atomic E-state index is 12.7. The molecule has 1 amide bonds. The van der Waals surface area contributed by atoms with E-state index in [1.807, 2.05) is 51.1 Å². The number of thiophene rings is 1. The van der Waals surface area contributed by atoms with Crippen molar-refractivity contribution in [3.63, 3.8) is 0 Å². The van der Waals surface area contributed by atoms with E-state index in [0.717, 1.165) is 16.0 Å². The number of hydrogen-bond donors (Lipinski definition) is 1. The fourth-order valence-electron chi connectivity index (χ4n) is 2.92. The van der Waals surface area contributed by atoms with Crippen LogP contribution in [0.15, 0.2) is 40.3 Å². The molecule has 5 nitrogen and oxygen atoms in total. The molecule has 26 heavy (non-hydrogen) atoms. The first-order valence-electron chi connectivity index (χ1n) is 8.54. The van der Waals surface area contributed by atoms with Gasteiger partial charge in [0.25, 0.3) is 5.56 Å². The minimum absolute atomic E-state index is 0.0510. The quantitative estimate of drug-likeness (QED) is 0.514. The zero-order chi connectivity index (χ0) is 18.7. The van der Waals surface area contributed by atoms with Gasteiger partial charge in [0.1, 0.15) is 4.83 Å². The van der Waals surface area contributed by atoms with Crippen molar-refractivity contribution in [1.29, 1.82) is 0 Å². The number of carbonyl (C=O) groups excluding carboxylic acids is 1. The van der Waals surface area contributed by atoms with Crippen LogP contribution in [0.5, 0.6) is 0 Å². The number of H-pyrrole nitrogens is 1. The third-order valence-corrected chi connectivity index (χ3v) is 6.08. The third-order valence-electron chi connectivity index (χ3n) is 4.23. The largest absolute Gasteiger partial charge is 0.343 e. The number of hydrogen-bond acceptors (Lipinski definition) is 5. The fourth-order valence-corrected chi connectivity index (χ4v) is 4.78. The van der Waals surface area contributed by atoms with Crippen LogP contribution in [0.1, 0.15) is 18.7 Å². The van der Waals surface area contributed by atoms with E-state index in [1.165, 1.54) is 23.1 Å². The van der Waals surface area contributed by atoms with E-state index < -0.39 is 0 Å². The Morgan fingerprint density at radius 2 is 1.92 bits per heavy atom. The molecule has 7 heteroatoms. The Kier molecular flexibility index (Phi) is 5.78. The van der Waals surface area contributed by atoms with Crippen molar-refractivity contribution >= 4 is 39.2 Å². The number of rotatable bonds is 6. The SMILES string of the molecule is CCN(CC)C(=O)CSc1nc2sc(C)c(-c3ccccc3)c2c(=O)[nH]1. The molecule has 136 valence electrons. The predicted molar refractivity (Wildman–Crippen MR) is 109 cm³/mol. The van der Waals surface area contributed by atoms with Crippen molar-refractivity contribution in [3.8, 4) is 11.1 Å². The third kappa shape index (κ3) is 3.68. The first kappa shape index (κ1) is 18.7. The number of amides is 1. The first-order valence-corrected chi connectivity index (χ1v) is 10.3. The Hall–Kier alpha value is -2.12. The molecule has 0 aliphatic rings. The predicted octanol–water partition coefficient (Wildman–Crippen LogP) is 3.92. The number of aromatic nitrogens is 2. The second-order valence-electron chi connectivity index (χ2n) is 5.81. The zero-order valence-corrected chi connectivity index (χ0v) is 16.7. The van der Waals surface area contributed by atoms with Gasteiger partial charge in [-0.05, 0) is 26.3 Å². The number of carbonyl (C=O) groups is 1. The van der Waals surface area contributed by atoms with E-state index in [9.17, 15) is 9.59 Å². The molecule has 2 heterocycles. The summed E-state index contributed by atoms with van der Waals surface area (Å²) in [4.78, 5) is 35.8. The van der Waals surface area contributed by atoms with Gasteiger partial charge in [0.15, 0.2) is 5.16 Å². The van der Waals surface area contributed by atoms with Crippen LogP contribution in [0.25, 0.3) is 21.3 Å². The normalized spacial score (nSPS) is 11.0. The summed E-state index contributed by atoms with van der Waals surface area (Å²) in [6, 6.07) is 9.88. The average Bonchev–Trinajstić information content (AvgIpc) is 2.98. The van der Waals surface area contributed by atoms with Gasteiger partial charge in [-0.1, -0.05) is 42.1 Å². The maximum Gasteiger partial charge on any atom is 0.260 e. The number of benzene rings is 1. The standard InChI is InChI=1S/C19H21N3O2S2/c1-4-22(5-2)14(23)11-25-19-20-17(24)16-15(12(3)26-18(16)21-19)13-9-7-6-8-10-13/h6-10H,4-5,11H2,1-3H3,(H,20,21,24). The highest BCUT2D eigenvalue weighted by Crippen LogP contribution is 2.35. The molecule has 3 aromatic rings. The lowest BCUT2D eigenvalue weighted by atomic mass is 10.0. The molecule has 0 saturated carbocycles. The topological polar surface area (TPSA) is 66.1 Å². The summed E-state index contributed by atoms with van der Waals surface area (Å²) in [7, 11) is 0. The molecular weight excluding hydrogens is 366 g/mol. The maximum absolute atomic E-state index is 12.7. The van der Waals surface area contributed by atoms with Crippen LogP contribution >= 0.6 is 23.1 Å². The molecule has 0 radical (unpaired) electrons. The number of nitrogens with zero attached hydrogens (tertiary/aromatic N) is 2. The summed E-state index contributed by atoms with van der Waals surface area (Å²) in [5.41, 5.74) is 1.80. The lowest BCUT2D eigenvalue weighted by Gasteiger charge is -2.17. The van der Waals surface area contributed by atoms with Crippen molar-refractivity contribution in [3.05, 3.63) is 45.6 Å². The number of nitrogens with one attached hydrogen (secondary N) is 1. The van der Waals surface area contributed by atoms with Crippen LogP contribution in [0.3, 0.4) is 0 Å². The summed E-state index contributed by atoms with van der Waals surface area (Å²) < 4.78 is 0. The molecule has 0 unspecified atom stereocenters. The van der Waals surface area contributed by atoms with Crippen LogP contribution in [-0.2, 0) is 4.79 Å². The van der Waals surface area contributed by atoms with Crippen molar-refractivity contribution in [2.75, 3.05) is 18.8 Å². The molecule has 0 atom stereocenters. The Labute approximate surface area is 160 Å². The van der Waals surface area contributed by atoms with Crippen LogP contribution in [-0.4, -0.2) is 39.6 Å². The molecule has 2 aromatic heterocycles. The van der Waals surface area contributed by atoms with E-state index in [0.29, 0.717) is 28.5 Å². The van der Waals surface area contributed by atoms with Crippen molar-refractivity contribution in [1.82, 2.24) is 14.9 Å². The van der Waals surface area contributed by atoms with Crippen molar-refractivity contribution in [2.45, 2.75) is 25.9 Å². The van der Waals surface area contributed by atoms with Crippen LogP contribution < -0.4 is 5.56 Å². The molecule has 0 bridgehead atoms. The Morgan fingerprint density at radius 3 is 2.58 bits per heavy atom. The smallest absolute Gasteiger partial charge is 0.260 e. The monoisotopic (exact) mass is 387 g/mol. The molecule has 0 spiro atoms.